The Kier molecular flexibility index (Phi) is 11.5. The van der Waals surface area contributed by atoms with Crippen molar-refractivity contribution in [2.45, 2.75) is 78.2 Å². The molecule has 0 aromatic heterocycles. The van der Waals surface area contributed by atoms with Crippen molar-refractivity contribution in [3.05, 3.63) is 53.6 Å². The number of aryl methyl sites for hydroxylation is 1. The Labute approximate surface area is 198 Å². The van der Waals surface area contributed by atoms with Gasteiger partial charge >= 0.3 is 5.97 Å². The molecule has 0 fully saturated rings. The fourth-order valence-corrected chi connectivity index (χ4v) is 3.81. The van der Waals surface area contributed by atoms with Crippen molar-refractivity contribution in [3.63, 3.8) is 0 Å². The maximum absolute atomic E-state index is 12.5. The van der Waals surface area contributed by atoms with Gasteiger partial charge in [0, 0.05) is 32.0 Å². The standard InChI is InChI=1S/C28H39NO4/c1-4-6-7-8-9-13-27(30)29(3)21-23-11-10-12-24(19-23)25-16-14-22(15-17-28(31)32)20-26(25)33-18-5-2/h10-12,14,16,19-20H,4-9,13,15,17-18,21H2,1-3H3,(H,31,32). The van der Waals surface area contributed by atoms with Crippen LogP contribution in [0.5, 0.6) is 5.75 Å². The van der Waals surface area contributed by atoms with Crippen molar-refractivity contribution in [3.8, 4) is 16.9 Å². The highest BCUT2D eigenvalue weighted by molar-refractivity contribution is 5.76. The van der Waals surface area contributed by atoms with E-state index in [1.54, 1.807) is 0 Å². The quantitative estimate of drug-likeness (QED) is 0.314. The molecule has 0 unspecified atom stereocenters. The first-order valence-electron chi connectivity index (χ1n) is 12.2. The summed E-state index contributed by atoms with van der Waals surface area (Å²) in [5.41, 5.74) is 4.04. The number of amides is 1. The zero-order chi connectivity index (χ0) is 24.1. The van der Waals surface area contributed by atoms with Gasteiger partial charge in [0.1, 0.15) is 5.75 Å². The number of carboxylic acid groups (broad SMARTS) is 1. The molecule has 2 aromatic carbocycles. The van der Waals surface area contributed by atoms with Crippen LogP contribution in [0.4, 0.5) is 0 Å². The molecule has 0 saturated heterocycles. The van der Waals surface area contributed by atoms with E-state index in [2.05, 4.69) is 19.9 Å². The monoisotopic (exact) mass is 453 g/mol. The van der Waals surface area contributed by atoms with E-state index in [1.165, 1.54) is 19.3 Å². The molecular weight excluding hydrogens is 414 g/mol. The van der Waals surface area contributed by atoms with Crippen LogP contribution in [0.2, 0.25) is 0 Å². The lowest BCUT2D eigenvalue weighted by atomic mass is 9.99. The zero-order valence-corrected chi connectivity index (χ0v) is 20.4. The summed E-state index contributed by atoms with van der Waals surface area (Å²) < 4.78 is 6.01. The molecule has 0 heterocycles. The van der Waals surface area contributed by atoms with Gasteiger partial charge in [0.15, 0.2) is 0 Å². The molecule has 5 nitrogen and oxygen atoms in total. The van der Waals surface area contributed by atoms with Gasteiger partial charge in [-0.15, -0.1) is 0 Å². The van der Waals surface area contributed by atoms with Crippen molar-refractivity contribution in [1.82, 2.24) is 4.90 Å². The van der Waals surface area contributed by atoms with Crippen LogP contribution in [0.3, 0.4) is 0 Å². The molecule has 2 rings (SSSR count). The molecule has 0 aliphatic heterocycles. The topological polar surface area (TPSA) is 66.8 Å². The Morgan fingerprint density at radius 3 is 2.42 bits per heavy atom. The van der Waals surface area contributed by atoms with Gasteiger partial charge in [-0.1, -0.05) is 69.9 Å². The number of carbonyl (C=O) groups excluding carboxylic acids is 1. The minimum atomic E-state index is -0.803. The van der Waals surface area contributed by atoms with E-state index < -0.39 is 5.97 Å². The Morgan fingerprint density at radius 2 is 1.70 bits per heavy atom. The van der Waals surface area contributed by atoms with Gasteiger partial charge in [-0.05, 0) is 48.1 Å². The second-order valence-electron chi connectivity index (χ2n) is 8.69. The summed E-state index contributed by atoms with van der Waals surface area (Å²) in [6, 6.07) is 14.1. The SMILES string of the molecule is CCCCCCCC(=O)N(C)Cc1cccc(-c2ccc(CCC(=O)O)cc2OCCC)c1. The molecule has 0 aliphatic rings. The van der Waals surface area contributed by atoms with E-state index in [-0.39, 0.29) is 12.3 Å². The Morgan fingerprint density at radius 1 is 0.909 bits per heavy atom. The molecule has 5 heteroatoms. The van der Waals surface area contributed by atoms with Crippen LogP contribution in [-0.4, -0.2) is 35.5 Å². The molecule has 0 atom stereocenters. The van der Waals surface area contributed by atoms with E-state index >= 15 is 0 Å². The van der Waals surface area contributed by atoms with Gasteiger partial charge in [-0.3, -0.25) is 9.59 Å². The molecule has 0 saturated carbocycles. The first kappa shape index (κ1) is 26.4. The lowest BCUT2D eigenvalue weighted by molar-refractivity contribution is -0.137. The fraction of sp³-hybridized carbons (Fsp3) is 0.500. The number of aliphatic carboxylic acids is 1. The summed E-state index contributed by atoms with van der Waals surface area (Å²) in [6.45, 7) is 5.43. The third-order valence-electron chi connectivity index (χ3n) is 5.71. The lowest BCUT2D eigenvalue weighted by Gasteiger charge is -2.18. The Balaban J connectivity index is 2.10. The average Bonchev–Trinajstić information content (AvgIpc) is 2.81. The number of hydrogen-bond donors (Lipinski definition) is 1. The number of hydrogen-bond acceptors (Lipinski definition) is 3. The number of carbonyl (C=O) groups is 2. The maximum atomic E-state index is 12.5. The van der Waals surface area contributed by atoms with E-state index in [0.717, 1.165) is 47.3 Å². The minimum absolute atomic E-state index is 0.0982. The number of carboxylic acids is 1. The lowest BCUT2D eigenvalue weighted by Crippen LogP contribution is -2.25. The molecule has 0 radical (unpaired) electrons. The van der Waals surface area contributed by atoms with Gasteiger partial charge < -0.3 is 14.7 Å². The van der Waals surface area contributed by atoms with Gasteiger partial charge in [0.2, 0.25) is 5.91 Å². The molecule has 33 heavy (non-hydrogen) atoms. The van der Waals surface area contributed by atoms with Crippen LogP contribution >= 0.6 is 0 Å². The largest absolute Gasteiger partial charge is 0.493 e. The first-order chi connectivity index (χ1) is 15.9. The van der Waals surface area contributed by atoms with Crippen LogP contribution in [-0.2, 0) is 22.6 Å². The van der Waals surface area contributed by atoms with Crippen molar-refractivity contribution in [2.24, 2.45) is 0 Å². The van der Waals surface area contributed by atoms with Crippen LogP contribution in [0.15, 0.2) is 42.5 Å². The zero-order valence-electron chi connectivity index (χ0n) is 20.4. The smallest absolute Gasteiger partial charge is 0.303 e. The molecule has 1 N–H and O–H groups in total. The van der Waals surface area contributed by atoms with E-state index in [1.807, 2.05) is 48.3 Å². The number of unbranched alkanes of at least 4 members (excludes halogenated alkanes) is 4. The highest BCUT2D eigenvalue weighted by Crippen LogP contribution is 2.32. The van der Waals surface area contributed by atoms with Crippen molar-refractivity contribution in [2.75, 3.05) is 13.7 Å². The molecular formula is C28H39NO4. The first-order valence-corrected chi connectivity index (χ1v) is 12.2. The molecule has 0 bridgehead atoms. The summed E-state index contributed by atoms with van der Waals surface area (Å²) >= 11 is 0. The summed E-state index contributed by atoms with van der Waals surface area (Å²) in [4.78, 5) is 25.3. The van der Waals surface area contributed by atoms with Gasteiger partial charge in [-0.2, -0.15) is 0 Å². The summed E-state index contributed by atoms with van der Waals surface area (Å²) in [5.74, 6) is 0.155. The summed E-state index contributed by atoms with van der Waals surface area (Å²) in [7, 11) is 1.87. The maximum Gasteiger partial charge on any atom is 0.303 e. The van der Waals surface area contributed by atoms with Crippen LogP contribution in [0.25, 0.3) is 11.1 Å². The highest BCUT2D eigenvalue weighted by atomic mass is 16.5. The van der Waals surface area contributed by atoms with Crippen molar-refractivity contribution >= 4 is 11.9 Å². The Bertz CT molecular complexity index is 893. The second kappa shape index (κ2) is 14.4. The number of rotatable bonds is 15. The molecule has 0 spiro atoms. The number of benzene rings is 2. The number of ether oxygens (including phenoxy) is 1. The highest BCUT2D eigenvalue weighted by Gasteiger charge is 2.12. The van der Waals surface area contributed by atoms with Crippen LogP contribution < -0.4 is 4.74 Å². The molecule has 180 valence electrons. The van der Waals surface area contributed by atoms with Gasteiger partial charge in [0.25, 0.3) is 0 Å². The summed E-state index contributed by atoms with van der Waals surface area (Å²) in [5, 5.41) is 8.98. The second-order valence-corrected chi connectivity index (χ2v) is 8.69. The fourth-order valence-electron chi connectivity index (χ4n) is 3.81. The van der Waals surface area contributed by atoms with E-state index in [0.29, 0.717) is 26.0 Å². The predicted molar refractivity (Wildman–Crippen MR) is 133 cm³/mol. The van der Waals surface area contributed by atoms with Crippen molar-refractivity contribution < 1.29 is 19.4 Å². The van der Waals surface area contributed by atoms with Crippen LogP contribution in [0, 0.1) is 0 Å². The van der Waals surface area contributed by atoms with E-state index in [9.17, 15) is 9.59 Å². The molecule has 0 aliphatic carbocycles. The Hall–Kier alpha value is -2.82. The minimum Gasteiger partial charge on any atom is -0.493 e. The molecule has 1 amide bonds. The van der Waals surface area contributed by atoms with Gasteiger partial charge in [0.05, 0.1) is 6.61 Å². The molecule has 2 aromatic rings. The summed E-state index contributed by atoms with van der Waals surface area (Å²) in [6.07, 6.45) is 7.79. The van der Waals surface area contributed by atoms with Crippen molar-refractivity contribution in [1.29, 1.82) is 0 Å². The average molecular weight is 454 g/mol. The number of nitrogens with zero attached hydrogens (tertiary/aromatic N) is 1. The predicted octanol–water partition coefficient (Wildman–Crippen LogP) is 6.48. The third kappa shape index (κ3) is 9.29. The normalized spacial score (nSPS) is 10.8. The van der Waals surface area contributed by atoms with E-state index in [4.69, 9.17) is 9.84 Å². The van der Waals surface area contributed by atoms with Crippen LogP contribution in [0.1, 0.15) is 76.3 Å². The van der Waals surface area contributed by atoms with Gasteiger partial charge in [-0.25, -0.2) is 0 Å². The third-order valence-corrected chi connectivity index (χ3v) is 5.71.